The summed E-state index contributed by atoms with van der Waals surface area (Å²) in [6, 6.07) is 5.44. The molecule has 22 heavy (non-hydrogen) atoms. The zero-order chi connectivity index (χ0) is 15.5. The molecule has 0 bridgehead atoms. The number of aryl methyl sites for hydroxylation is 1. The van der Waals surface area contributed by atoms with Crippen molar-refractivity contribution in [2.75, 3.05) is 13.2 Å². The molecular weight excluding hydrogens is 328 g/mol. The molecule has 0 aliphatic carbocycles. The van der Waals surface area contributed by atoms with Gasteiger partial charge >= 0.3 is 11.4 Å². The molecule has 1 aromatic carbocycles. The maximum absolute atomic E-state index is 11.0. The molecule has 2 aromatic rings. The van der Waals surface area contributed by atoms with Gasteiger partial charge in [-0.05, 0) is 24.6 Å². The first-order chi connectivity index (χ1) is 10.6. The van der Waals surface area contributed by atoms with Crippen LogP contribution in [0, 0.1) is 6.92 Å². The van der Waals surface area contributed by atoms with Crippen LogP contribution in [0.1, 0.15) is 17.0 Å². The van der Waals surface area contributed by atoms with Gasteiger partial charge in [0, 0.05) is 17.7 Å². The molecule has 1 aliphatic heterocycles. The summed E-state index contributed by atoms with van der Waals surface area (Å²) in [7, 11) is 0. The molecule has 1 aromatic heterocycles. The van der Waals surface area contributed by atoms with E-state index >= 15 is 0 Å². The smallest absolute Gasteiger partial charge is 0.304 e. The predicted octanol–water partition coefficient (Wildman–Crippen LogP) is 2.94. The van der Waals surface area contributed by atoms with E-state index in [4.69, 9.17) is 24.7 Å². The summed E-state index contributed by atoms with van der Waals surface area (Å²) in [6.45, 7) is 2.51. The third kappa shape index (κ3) is 3.44. The zero-order valence-corrected chi connectivity index (χ0v) is 13.3. The predicted molar refractivity (Wildman–Crippen MR) is 81.1 cm³/mol. The number of aromatic nitrogens is 2. The van der Waals surface area contributed by atoms with Crippen molar-refractivity contribution in [2.45, 2.75) is 12.8 Å². The van der Waals surface area contributed by atoms with Gasteiger partial charge in [0.05, 0.1) is 18.2 Å². The molecule has 3 rings (SSSR count). The van der Waals surface area contributed by atoms with Crippen LogP contribution in [-0.4, -0.2) is 27.4 Å². The lowest BCUT2D eigenvalue weighted by Gasteiger charge is -2.21. The van der Waals surface area contributed by atoms with Crippen molar-refractivity contribution in [3.8, 4) is 11.6 Å². The monoisotopic (exact) mass is 340 g/mol. The maximum atomic E-state index is 11.0. The van der Waals surface area contributed by atoms with Crippen molar-refractivity contribution in [1.29, 1.82) is 0 Å². The fourth-order valence-electron chi connectivity index (χ4n) is 2.00. The van der Waals surface area contributed by atoms with E-state index in [0.29, 0.717) is 29.9 Å². The third-order valence-electron chi connectivity index (χ3n) is 3.21. The van der Waals surface area contributed by atoms with Gasteiger partial charge < -0.3 is 4.74 Å². The zero-order valence-electron chi connectivity index (χ0n) is 11.7. The quantitative estimate of drug-likeness (QED) is 0.855. The normalized spacial score (nSPS) is 21.5. The summed E-state index contributed by atoms with van der Waals surface area (Å²) < 4.78 is 26.7. The average molecular weight is 341 g/mol. The van der Waals surface area contributed by atoms with Crippen molar-refractivity contribution >= 4 is 23.0 Å². The van der Waals surface area contributed by atoms with Gasteiger partial charge in [-0.1, -0.05) is 17.7 Å². The van der Waals surface area contributed by atoms with E-state index in [0.717, 1.165) is 11.1 Å². The molecule has 0 N–H and O–H groups in total. The Morgan fingerprint density at radius 2 is 2.14 bits per heavy atom. The van der Waals surface area contributed by atoms with E-state index in [1.54, 1.807) is 18.3 Å². The van der Waals surface area contributed by atoms with Crippen molar-refractivity contribution in [1.82, 2.24) is 9.97 Å². The van der Waals surface area contributed by atoms with Crippen LogP contribution in [-0.2, 0) is 19.7 Å². The summed E-state index contributed by atoms with van der Waals surface area (Å²) >= 11 is 4.62. The minimum absolute atomic E-state index is 0.00923. The van der Waals surface area contributed by atoms with E-state index in [2.05, 4.69) is 9.97 Å². The number of hydrogen-bond acceptors (Lipinski definition) is 6. The first-order valence-electron chi connectivity index (χ1n) is 6.55. The summed E-state index contributed by atoms with van der Waals surface area (Å²) in [5, 5.41) is 0.460. The number of benzene rings is 1. The molecule has 116 valence electrons. The second kappa shape index (κ2) is 6.70. The highest BCUT2D eigenvalue weighted by Gasteiger charge is 2.22. The van der Waals surface area contributed by atoms with Gasteiger partial charge in [0.25, 0.3) is 0 Å². The highest BCUT2D eigenvalue weighted by Crippen LogP contribution is 2.33. The van der Waals surface area contributed by atoms with Crippen LogP contribution in [0.25, 0.3) is 0 Å². The van der Waals surface area contributed by atoms with E-state index in [1.165, 1.54) is 6.33 Å². The molecule has 1 aliphatic rings. The molecular formula is C14H13ClN2O4S. The molecule has 8 heteroatoms. The highest BCUT2D eigenvalue weighted by molar-refractivity contribution is 7.75. The van der Waals surface area contributed by atoms with Gasteiger partial charge in [-0.2, -0.15) is 4.21 Å². The molecule has 0 spiro atoms. The number of ether oxygens (including phenoxy) is 1. The Kier molecular flexibility index (Phi) is 4.68. The average Bonchev–Trinajstić information content (AvgIpc) is 2.52. The van der Waals surface area contributed by atoms with E-state index in [1.807, 2.05) is 13.0 Å². The summed E-state index contributed by atoms with van der Waals surface area (Å²) in [4.78, 5) is 7.98. The molecule has 0 saturated carbocycles. The van der Waals surface area contributed by atoms with Crippen LogP contribution in [0.5, 0.6) is 11.6 Å². The largest absolute Gasteiger partial charge is 0.437 e. The lowest BCUT2D eigenvalue weighted by molar-refractivity contribution is 0.160. The Bertz CT molecular complexity index is 703. The Balaban J connectivity index is 1.78. The third-order valence-corrected chi connectivity index (χ3v) is 4.16. The molecule has 1 saturated heterocycles. The van der Waals surface area contributed by atoms with Gasteiger partial charge in [-0.25, -0.2) is 9.97 Å². The van der Waals surface area contributed by atoms with Gasteiger partial charge in [-0.15, -0.1) is 0 Å². The maximum Gasteiger partial charge on any atom is 0.304 e. The van der Waals surface area contributed by atoms with Crippen LogP contribution in [0.4, 0.5) is 0 Å². The van der Waals surface area contributed by atoms with Crippen molar-refractivity contribution in [2.24, 2.45) is 0 Å². The van der Waals surface area contributed by atoms with Crippen LogP contribution < -0.4 is 4.74 Å². The van der Waals surface area contributed by atoms with Gasteiger partial charge in [0.1, 0.15) is 12.1 Å². The van der Waals surface area contributed by atoms with Gasteiger partial charge in [0.2, 0.25) is 5.88 Å². The molecule has 2 heterocycles. The SMILES string of the molecule is Cc1cncnc1Oc1ccc(C2COS(=O)OC2)cc1Cl. The van der Waals surface area contributed by atoms with Crippen molar-refractivity contribution in [3.05, 3.63) is 46.9 Å². The first-order valence-corrected chi connectivity index (χ1v) is 7.93. The van der Waals surface area contributed by atoms with Crippen molar-refractivity contribution < 1.29 is 17.3 Å². The second-order valence-electron chi connectivity index (χ2n) is 4.77. The number of hydrogen-bond donors (Lipinski definition) is 0. The Morgan fingerprint density at radius 1 is 1.36 bits per heavy atom. The van der Waals surface area contributed by atoms with E-state index in [-0.39, 0.29) is 5.92 Å². The van der Waals surface area contributed by atoms with E-state index in [9.17, 15) is 4.21 Å². The standard InChI is InChI=1S/C14H13ClN2O4S/c1-9-5-16-8-17-14(9)21-13-3-2-10(4-12(13)15)11-6-19-22(18)20-7-11/h2-5,8,11H,6-7H2,1H3. The Labute approximate surface area is 135 Å². The minimum Gasteiger partial charge on any atom is -0.437 e. The molecule has 0 radical (unpaired) electrons. The summed E-state index contributed by atoms with van der Waals surface area (Å²) in [5.41, 5.74) is 1.76. The van der Waals surface area contributed by atoms with Crippen LogP contribution in [0.3, 0.4) is 0 Å². The summed E-state index contributed by atoms with van der Waals surface area (Å²) in [5.74, 6) is 0.961. The second-order valence-corrected chi connectivity index (χ2v) is 6.06. The fourth-order valence-corrected chi connectivity index (χ4v) is 2.85. The van der Waals surface area contributed by atoms with Crippen LogP contribution >= 0.6 is 11.6 Å². The van der Waals surface area contributed by atoms with Gasteiger partial charge in [-0.3, -0.25) is 8.37 Å². The molecule has 1 fully saturated rings. The number of nitrogens with zero attached hydrogens (tertiary/aromatic N) is 2. The summed E-state index contributed by atoms with van der Waals surface area (Å²) in [6.07, 6.45) is 3.09. The Morgan fingerprint density at radius 3 is 2.82 bits per heavy atom. The molecule has 0 amide bonds. The topological polar surface area (TPSA) is 70.5 Å². The van der Waals surface area contributed by atoms with Crippen LogP contribution in [0.15, 0.2) is 30.7 Å². The lowest BCUT2D eigenvalue weighted by atomic mass is 10.0. The first kappa shape index (κ1) is 15.4. The fraction of sp³-hybridized carbons (Fsp3) is 0.286. The van der Waals surface area contributed by atoms with E-state index < -0.39 is 11.4 Å². The lowest BCUT2D eigenvalue weighted by Crippen LogP contribution is -2.22. The molecule has 0 atom stereocenters. The number of rotatable bonds is 3. The van der Waals surface area contributed by atoms with Crippen LogP contribution in [0.2, 0.25) is 5.02 Å². The number of halogens is 1. The van der Waals surface area contributed by atoms with Crippen molar-refractivity contribution in [3.63, 3.8) is 0 Å². The minimum atomic E-state index is -1.65. The van der Waals surface area contributed by atoms with Gasteiger partial charge in [0.15, 0.2) is 0 Å². The molecule has 6 nitrogen and oxygen atoms in total. The molecule has 0 unspecified atom stereocenters. The Hall–Kier alpha value is -1.54. The highest BCUT2D eigenvalue weighted by atomic mass is 35.5.